The molecule has 0 N–H and O–H groups in total. The zero-order valence-electron chi connectivity index (χ0n) is 26.1. The molecule has 0 spiro atoms. The number of hydrogen-bond acceptors (Lipinski definition) is 0. The predicted octanol–water partition coefficient (Wildman–Crippen LogP) is 11.2. The van der Waals surface area contributed by atoms with Crippen LogP contribution in [0.25, 0.3) is 38.6 Å². The summed E-state index contributed by atoms with van der Waals surface area (Å²) in [7, 11) is 0. The second-order valence-corrected chi connectivity index (χ2v) is 13.7. The van der Waals surface area contributed by atoms with Gasteiger partial charge in [-0.15, -0.1) is 0 Å². The van der Waals surface area contributed by atoms with Crippen LogP contribution in [0.2, 0.25) is 0 Å². The van der Waals surface area contributed by atoms with Crippen LogP contribution in [0.1, 0.15) is 74.9 Å². The highest BCUT2D eigenvalue weighted by molar-refractivity contribution is 6.09. The van der Waals surface area contributed by atoms with Crippen LogP contribution in [0.15, 0.2) is 72.8 Å². The molecule has 5 rings (SSSR count). The summed E-state index contributed by atoms with van der Waals surface area (Å²) >= 11 is 0. The third-order valence-electron chi connectivity index (χ3n) is 8.31. The Morgan fingerprint density at radius 2 is 0.886 bits per heavy atom. The lowest BCUT2D eigenvalue weighted by Crippen LogP contribution is -2.35. The fourth-order valence-corrected chi connectivity index (χ4v) is 5.89. The van der Waals surface area contributed by atoms with E-state index < -0.39 is 23.5 Å². The lowest BCUT2D eigenvalue weighted by atomic mass is 9.83. The first-order valence-corrected chi connectivity index (χ1v) is 14.5. The molecule has 4 aromatic carbocycles. The van der Waals surface area contributed by atoms with E-state index in [4.69, 9.17) is 0 Å². The van der Waals surface area contributed by atoms with E-state index in [1.807, 2.05) is 110 Å². The van der Waals surface area contributed by atoms with Gasteiger partial charge in [0, 0.05) is 29.8 Å². The molecule has 0 aliphatic rings. The third-order valence-corrected chi connectivity index (χ3v) is 8.31. The summed E-state index contributed by atoms with van der Waals surface area (Å²) in [6, 6.07) is 19.5. The Morgan fingerprint density at radius 1 is 0.477 bits per heavy atom. The molecule has 0 amide bonds. The lowest BCUT2D eigenvalue weighted by molar-refractivity contribution is -0.538. The maximum Gasteiger partial charge on any atom is 0.416 e. The van der Waals surface area contributed by atoms with Gasteiger partial charge in [0.05, 0.1) is 21.9 Å². The molecule has 230 valence electrons. The normalized spacial score (nSPS) is 13.2. The van der Waals surface area contributed by atoms with Crippen LogP contribution in [0.4, 0.5) is 26.3 Å². The first-order valence-electron chi connectivity index (χ1n) is 14.5. The molecule has 0 atom stereocenters. The Bertz CT molecular complexity index is 1790. The molecule has 0 fully saturated rings. The molecule has 0 aliphatic heterocycles. The molecule has 0 saturated carbocycles. The van der Waals surface area contributed by atoms with Crippen molar-refractivity contribution in [2.75, 3.05) is 0 Å². The molecule has 0 aliphatic carbocycles. The summed E-state index contributed by atoms with van der Waals surface area (Å²) in [6.07, 6.45) is -9.96. The predicted molar refractivity (Wildman–Crippen MR) is 165 cm³/mol. The van der Waals surface area contributed by atoms with Crippen LogP contribution in [-0.4, -0.2) is 0 Å². The second-order valence-electron chi connectivity index (χ2n) is 13.7. The van der Waals surface area contributed by atoms with Gasteiger partial charge in [0.1, 0.15) is 0 Å². The Hall–Kier alpha value is -3.87. The minimum Gasteiger partial charge on any atom is -0.166 e. The zero-order valence-corrected chi connectivity index (χ0v) is 26.1. The number of aromatic nitrogens is 1. The van der Waals surface area contributed by atoms with E-state index >= 15 is 0 Å². The molecular weight excluding hydrogens is 572 g/mol. The zero-order chi connectivity index (χ0) is 32.6. The van der Waals surface area contributed by atoms with E-state index in [9.17, 15) is 26.3 Å². The Morgan fingerprint density at radius 3 is 1.25 bits per heavy atom. The van der Waals surface area contributed by atoms with Crippen molar-refractivity contribution < 1.29 is 30.9 Å². The highest BCUT2D eigenvalue weighted by Gasteiger charge is 2.39. The number of nitrogens with zero attached hydrogens (tertiary/aromatic N) is 1. The molecule has 7 heteroatoms. The van der Waals surface area contributed by atoms with E-state index in [1.54, 1.807) is 4.57 Å². The molecule has 0 unspecified atom stereocenters. The van der Waals surface area contributed by atoms with Crippen molar-refractivity contribution in [2.45, 2.75) is 78.6 Å². The molecule has 0 saturated heterocycles. The number of fused-ring (bicyclic) bond motifs is 2. The van der Waals surface area contributed by atoms with Gasteiger partial charge in [-0.25, -0.2) is 0 Å². The number of hydrogen-bond donors (Lipinski definition) is 0. The standard InChI is InChI=1S/C37H36F6N/c1-21-10-9-11-22(2)32(21)33-28-14-12-23(34(3,4)5)19-30(28)44(31-20-24(35(6,7)8)13-15-29(31)33)27-17-25(36(38,39)40)16-26(18-27)37(41,42)43/h9-20H,1-8H3/q+1. The van der Waals surface area contributed by atoms with Crippen molar-refractivity contribution in [3.05, 3.63) is 106 Å². The van der Waals surface area contributed by atoms with E-state index in [2.05, 4.69) is 0 Å². The van der Waals surface area contributed by atoms with Gasteiger partial charge >= 0.3 is 12.4 Å². The van der Waals surface area contributed by atoms with E-state index in [1.165, 1.54) is 0 Å². The largest absolute Gasteiger partial charge is 0.416 e. The topological polar surface area (TPSA) is 3.88 Å². The lowest BCUT2D eigenvalue weighted by Gasteiger charge is -2.23. The van der Waals surface area contributed by atoms with Gasteiger partial charge in [0.15, 0.2) is 0 Å². The Labute approximate surface area is 254 Å². The fraction of sp³-hybridized carbons (Fsp3) is 0.324. The molecule has 5 aromatic rings. The third kappa shape index (κ3) is 5.69. The van der Waals surface area contributed by atoms with E-state index in [0.29, 0.717) is 11.0 Å². The van der Waals surface area contributed by atoms with Crippen LogP contribution >= 0.6 is 0 Å². The van der Waals surface area contributed by atoms with Gasteiger partial charge in [-0.2, -0.15) is 30.9 Å². The fourth-order valence-electron chi connectivity index (χ4n) is 5.89. The molecule has 0 radical (unpaired) electrons. The van der Waals surface area contributed by atoms with Crippen molar-refractivity contribution >= 4 is 21.8 Å². The van der Waals surface area contributed by atoms with Gasteiger partial charge in [-0.05, 0) is 70.7 Å². The Balaban J connectivity index is 2.11. The molecule has 44 heavy (non-hydrogen) atoms. The van der Waals surface area contributed by atoms with Crippen LogP contribution < -0.4 is 4.57 Å². The van der Waals surface area contributed by atoms with E-state index in [-0.39, 0.29) is 22.6 Å². The van der Waals surface area contributed by atoms with Crippen LogP contribution in [-0.2, 0) is 23.2 Å². The van der Waals surface area contributed by atoms with Crippen molar-refractivity contribution in [2.24, 2.45) is 0 Å². The van der Waals surface area contributed by atoms with Crippen molar-refractivity contribution in [3.8, 4) is 16.8 Å². The highest BCUT2D eigenvalue weighted by Crippen LogP contribution is 2.42. The molecule has 1 aromatic heterocycles. The minimum absolute atomic E-state index is 0.181. The quantitative estimate of drug-likeness (QED) is 0.107. The summed E-state index contributed by atoms with van der Waals surface area (Å²) in [5, 5.41) is 1.47. The number of benzene rings is 4. The first kappa shape index (κ1) is 31.6. The Kier molecular flexibility index (Phi) is 7.42. The van der Waals surface area contributed by atoms with Gasteiger partial charge in [-0.1, -0.05) is 71.9 Å². The number of rotatable bonds is 2. The van der Waals surface area contributed by atoms with Crippen molar-refractivity contribution in [1.82, 2.24) is 0 Å². The number of pyridine rings is 1. The van der Waals surface area contributed by atoms with Gasteiger partial charge in [-0.3, -0.25) is 0 Å². The van der Waals surface area contributed by atoms with Crippen molar-refractivity contribution in [1.29, 1.82) is 0 Å². The summed E-state index contributed by atoms with van der Waals surface area (Å²) in [4.78, 5) is 0. The maximum atomic E-state index is 14.1. The smallest absolute Gasteiger partial charge is 0.166 e. The van der Waals surface area contributed by atoms with Crippen LogP contribution in [0.5, 0.6) is 0 Å². The average molecular weight is 609 g/mol. The number of aryl methyl sites for hydroxylation is 2. The summed E-state index contributed by atoms with van der Waals surface area (Å²) in [6.45, 7) is 16.2. The summed E-state index contributed by atoms with van der Waals surface area (Å²) < 4.78 is 86.3. The van der Waals surface area contributed by atoms with Crippen LogP contribution in [0.3, 0.4) is 0 Å². The number of alkyl halides is 6. The van der Waals surface area contributed by atoms with E-state index in [0.717, 1.165) is 56.3 Å². The van der Waals surface area contributed by atoms with Gasteiger partial charge < -0.3 is 0 Å². The minimum atomic E-state index is -4.98. The van der Waals surface area contributed by atoms with Crippen molar-refractivity contribution in [3.63, 3.8) is 0 Å². The molecule has 1 heterocycles. The molecule has 1 nitrogen and oxygen atoms in total. The SMILES string of the molecule is Cc1cccc(C)c1-c1c2ccc(C(C)(C)C)cc2[n+](-c2cc(C(F)(F)F)cc(C(F)(F)F)c2)c2cc(C(C)(C)C)ccc12. The highest BCUT2D eigenvalue weighted by atomic mass is 19.4. The molecular formula is C37H36F6N+. The number of halogens is 6. The first-order chi connectivity index (χ1) is 20.2. The average Bonchev–Trinajstić information content (AvgIpc) is 2.89. The summed E-state index contributed by atoms with van der Waals surface area (Å²) in [5.41, 5.74) is 3.20. The summed E-state index contributed by atoms with van der Waals surface area (Å²) in [5.74, 6) is 0. The van der Waals surface area contributed by atoms with Gasteiger partial charge in [0.2, 0.25) is 16.7 Å². The maximum absolute atomic E-state index is 14.1. The van der Waals surface area contributed by atoms with Gasteiger partial charge in [0.25, 0.3) is 0 Å². The van der Waals surface area contributed by atoms with Crippen LogP contribution in [0, 0.1) is 13.8 Å². The monoisotopic (exact) mass is 608 g/mol. The molecule has 0 bridgehead atoms. The second kappa shape index (κ2) is 10.4.